The van der Waals surface area contributed by atoms with E-state index in [1.165, 1.54) is 238 Å². The molecule has 6 nitrogen and oxygen atoms in total. The Balaban J connectivity index is 3.92. The van der Waals surface area contributed by atoms with Crippen molar-refractivity contribution in [2.75, 3.05) is 13.2 Å². The second-order valence-electron chi connectivity index (χ2n) is 23.8. The maximum absolute atomic E-state index is 12.9. The summed E-state index contributed by atoms with van der Waals surface area (Å²) in [6, 6.07) is 0. The number of esters is 3. The summed E-state index contributed by atoms with van der Waals surface area (Å²) >= 11 is 0. The van der Waals surface area contributed by atoms with Crippen molar-refractivity contribution >= 4 is 17.9 Å². The van der Waals surface area contributed by atoms with E-state index in [0.717, 1.165) is 96.3 Å². The van der Waals surface area contributed by atoms with Crippen LogP contribution in [-0.4, -0.2) is 37.2 Å². The number of allylic oxidation sites excluding steroid dienone is 10. The van der Waals surface area contributed by atoms with Crippen LogP contribution in [0.5, 0.6) is 0 Å². The van der Waals surface area contributed by atoms with E-state index in [-0.39, 0.29) is 31.1 Å². The lowest BCUT2D eigenvalue weighted by Gasteiger charge is -2.18. The maximum Gasteiger partial charge on any atom is 0.306 e. The molecule has 0 amide bonds. The van der Waals surface area contributed by atoms with Crippen LogP contribution in [0.2, 0.25) is 0 Å². The van der Waals surface area contributed by atoms with Crippen LogP contribution in [0, 0.1) is 0 Å². The van der Waals surface area contributed by atoms with Crippen molar-refractivity contribution < 1.29 is 28.6 Å². The van der Waals surface area contributed by atoms with E-state index in [1.54, 1.807) is 0 Å². The second-order valence-corrected chi connectivity index (χ2v) is 23.8. The van der Waals surface area contributed by atoms with Crippen LogP contribution in [0.3, 0.4) is 0 Å². The fourth-order valence-electron chi connectivity index (χ4n) is 10.5. The van der Waals surface area contributed by atoms with Crippen molar-refractivity contribution in [2.45, 2.75) is 380 Å². The first-order valence-corrected chi connectivity index (χ1v) is 35.3. The van der Waals surface area contributed by atoms with Crippen molar-refractivity contribution in [3.63, 3.8) is 0 Å². The normalized spacial score (nSPS) is 12.4. The van der Waals surface area contributed by atoms with Gasteiger partial charge in [0.25, 0.3) is 0 Å². The van der Waals surface area contributed by atoms with E-state index in [9.17, 15) is 14.4 Å². The molecule has 0 spiro atoms. The van der Waals surface area contributed by atoms with Gasteiger partial charge in [0, 0.05) is 19.3 Å². The minimum atomic E-state index is -0.767. The molecule has 0 radical (unpaired) electrons. The fourth-order valence-corrected chi connectivity index (χ4v) is 10.5. The lowest BCUT2D eigenvalue weighted by Crippen LogP contribution is -2.30. The first-order valence-electron chi connectivity index (χ1n) is 35.3. The average molecular weight is 1120 g/mol. The van der Waals surface area contributed by atoms with Crippen molar-refractivity contribution in [3.05, 3.63) is 60.8 Å². The summed E-state index contributed by atoms with van der Waals surface area (Å²) in [5.74, 6) is -0.858. The molecule has 0 bridgehead atoms. The number of unbranched alkanes of at least 4 members (excludes halogenated alkanes) is 44. The Bertz CT molecular complexity index is 1430. The quantitative estimate of drug-likeness (QED) is 0.0261. The molecule has 0 saturated carbocycles. The molecule has 0 saturated heterocycles. The van der Waals surface area contributed by atoms with E-state index < -0.39 is 6.10 Å². The first kappa shape index (κ1) is 77.1. The van der Waals surface area contributed by atoms with E-state index in [4.69, 9.17) is 14.2 Å². The van der Waals surface area contributed by atoms with Gasteiger partial charge >= 0.3 is 17.9 Å². The Morgan fingerprint density at radius 1 is 0.263 bits per heavy atom. The minimum absolute atomic E-state index is 0.0682. The van der Waals surface area contributed by atoms with E-state index in [1.807, 2.05) is 0 Å². The monoisotopic (exact) mass is 1120 g/mol. The standard InChI is InChI=1S/C74H134O6/c1-4-7-10-13-15-17-19-21-23-25-27-29-31-33-34-35-36-37-38-39-40-41-43-44-46-48-50-52-54-56-58-61-64-67-73(76)79-70-71(69-78-72(75)66-63-60-12-9-6-3)80-74(77)68-65-62-59-57-55-53-51-49-47-45-42-32-30-28-26-24-22-20-18-16-14-11-8-5-2/h7,10,15,17,21,23,27,29,33-34,71H,4-6,8-9,11-14,16,18-20,22,24-26,28,30-32,35-70H2,1-3H3/b10-7-,17-15-,23-21-,29-27-,34-33-. The molecular formula is C74H134O6. The topological polar surface area (TPSA) is 78.9 Å². The van der Waals surface area contributed by atoms with Crippen molar-refractivity contribution in [2.24, 2.45) is 0 Å². The molecule has 0 aromatic heterocycles. The average Bonchev–Trinajstić information content (AvgIpc) is 3.46. The van der Waals surface area contributed by atoms with Crippen LogP contribution in [0.1, 0.15) is 374 Å². The SMILES string of the molecule is CC/C=C\C/C=C\C/C=C\C/C=C\C/C=C\CCCCCCCCCCCCCCCCCCCC(=O)OCC(COC(=O)CCCCCCC)OC(=O)CCCCCCCCCCCCCCCCCCCCCCCCCC. The summed E-state index contributed by atoms with van der Waals surface area (Å²) in [5, 5.41) is 0. The van der Waals surface area contributed by atoms with Gasteiger partial charge in [-0.3, -0.25) is 14.4 Å². The number of hydrogen-bond acceptors (Lipinski definition) is 6. The number of rotatable bonds is 65. The van der Waals surface area contributed by atoms with Gasteiger partial charge in [0.1, 0.15) is 13.2 Å². The summed E-state index contributed by atoms with van der Waals surface area (Å²) < 4.78 is 16.8. The van der Waals surface area contributed by atoms with Crippen LogP contribution >= 0.6 is 0 Å². The van der Waals surface area contributed by atoms with Gasteiger partial charge in [-0.15, -0.1) is 0 Å². The summed E-state index contributed by atoms with van der Waals surface area (Å²) in [6.45, 7) is 6.51. The summed E-state index contributed by atoms with van der Waals surface area (Å²) in [7, 11) is 0. The molecule has 80 heavy (non-hydrogen) atoms. The van der Waals surface area contributed by atoms with Crippen LogP contribution in [0.4, 0.5) is 0 Å². The molecular weight excluding hydrogens is 985 g/mol. The molecule has 0 N–H and O–H groups in total. The predicted molar refractivity (Wildman–Crippen MR) is 348 cm³/mol. The van der Waals surface area contributed by atoms with Crippen molar-refractivity contribution in [1.29, 1.82) is 0 Å². The molecule has 1 atom stereocenters. The Labute approximate surface area is 498 Å². The highest BCUT2D eigenvalue weighted by Crippen LogP contribution is 2.19. The Morgan fingerprint density at radius 3 is 0.762 bits per heavy atom. The lowest BCUT2D eigenvalue weighted by molar-refractivity contribution is -0.167. The van der Waals surface area contributed by atoms with Gasteiger partial charge in [-0.1, -0.05) is 351 Å². The summed E-state index contributed by atoms with van der Waals surface area (Å²) in [6.07, 6.45) is 88.8. The smallest absolute Gasteiger partial charge is 0.306 e. The van der Waals surface area contributed by atoms with Gasteiger partial charge in [0.15, 0.2) is 6.10 Å². The molecule has 466 valence electrons. The molecule has 0 aromatic rings. The highest BCUT2D eigenvalue weighted by atomic mass is 16.6. The molecule has 0 heterocycles. The van der Waals surface area contributed by atoms with E-state index in [0.29, 0.717) is 19.3 Å². The van der Waals surface area contributed by atoms with Gasteiger partial charge < -0.3 is 14.2 Å². The van der Waals surface area contributed by atoms with Crippen LogP contribution in [0.25, 0.3) is 0 Å². The lowest BCUT2D eigenvalue weighted by atomic mass is 10.0. The molecule has 0 rings (SSSR count). The number of carbonyl (C=O) groups excluding carboxylic acids is 3. The molecule has 6 heteroatoms. The van der Waals surface area contributed by atoms with Crippen molar-refractivity contribution in [3.8, 4) is 0 Å². The molecule has 0 aliphatic rings. The van der Waals surface area contributed by atoms with Gasteiger partial charge in [-0.05, 0) is 64.2 Å². The van der Waals surface area contributed by atoms with Gasteiger partial charge in [-0.25, -0.2) is 0 Å². The zero-order valence-corrected chi connectivity index (χ0v) is 53.6. The number of hydrogen-bond donors (Lipinski definition) is 0. The van der Waals surface area contributed by atoms with Gasteiger partial charge in [0.05, 0.1) is 0 Å². The first-order chi connectivity index (χ1) is 39.5. The molecule has 0 fully saturated rings. The third-order valence-electron chi connectivity index (χ3n) is 15.8. The highest BCUT2D eigenvalue weighted by molar-refractivity contribution is 5.71. The Hall–Kier alpha value is -2.89. The Kier molecular flexibility index (Phi) is 66.1. The van der Waals surface area contributed by atoms with Crippen molar-refractivity contribution in [1.82, 2.24) is 0 Å². The minimum Gasteiger partial charge on any atom is -0.462 e. The number of ether oxygens (including phenoxy) is 3. The maximum atomic E-state index is 12.9. The zero-order chi connectivity index (χ0) is 57.8. The van der Waals surface area contributed by atoms with Crippen LogP contribution in [0.15, 0.2) is 60.8 Å². The predicted octanol–water partition coefficient (Wildman–Crippen LogP) is 24.3. The fraction of sp³-hybridized carbons (Fsp3) is 0.824. The molecule has 0 aliphatic carbocycles. The molecule has 0 aromatic carbocycles. The van der Waals surface area contributed by atoms with Gasteiger partial charge in [0.2, 0.25) is 0 Å². The summed E-state index contributed by atoms with van der Waals surface area (Å²) in [5.41, 5.74) is 0. The van der Waals surface area contributed by atoms with Gasteiger partial charge in [-0.2, -0.15) is 0 Å². The van der Waals surface area contributed by atoms with E-state index in [2.05, 4.69) is 81.5 Å². The second kappa shape index (κ2) is 68.6. The summed E-state index contributed by atoms with van der Waals surface area (Å²) in [4.78, 5) is 38.0. The van der Waals surface area contributed by atoms with E-state index >= 15 is 0 Å². The third kappa shape index (κ3) is 65.9. The molecule has 0 aliphatic heterocycles. The third-order valence-corrected chi connectivity index (χ3v) is 15.8. The molecule has 1 unspecified atom stereocenters. The zero-order valence-electron chi connectivity index (χ0n) is 53.6. The number of carbonyl (C=O) groups is 3. The largest absolute Gasteiger partial charge is 0.462 e. The highest BCUT2D eigenvalue weighted by Gasteiger charge is 2.19. The Morgan fingerprint density at radius 2 is 0.487 bits per heavy atom. The van der Waals surface area contributed by atoms with Crippen LogP contribution in [-0.2, 0) is 28.6 Å². The van der Waals surface area contributed by atoms with Crippen LogP contribution < -0.4 is 0 Å².